The number of aliphatic hydroxyl groups is 1. The van der Waals surface area contributed by atoms with E-state index in [1.165, 1.54) is 0 Å². The van der Waals surface area contributed by atoms with Gasteiger partial charge in [-0.3, -0.25) is 4.79 Å². The van der Waals surface area contributed by atoms with Gasteiger partial charge in [-0.15, -0.1) is 0 Å². The number of hydrogen-bond acceptors (Lipinski definition) is 3. The largest absolute Gasteiger partial charge is 0.497 e. The highest BCUT2D eigenvalue weighted by Gasteiger charge is 2.20. The first-order chi connectivity index (χ1) is 8.45. The normalized spacial score (nSPS) is 14.1. The summed E-state index contributed by atoms with van der Waals surface area (Å²) in [4.78, 5) is 11.9. The average Bonchev–Trinajstić information content (AvgIpc) is 2.37. The van der Waals surface area contributed by atoms with E-state index in [-0.39, 0.29) is 11.9 Å². The standard InChI is InChI=1S/C14H21NO3/c1-9(2)10(3)15-14(17)13(16)11-6-5-7-12(8-11)18-4/h5-10,13,16H,1-4H3,(H,15,17). The predicted octanol–water partition coefficient (Wildman–Crippen LogP) is 1.89. The van der Waals surface area contributed by atoms with E-state index in [1.807, 2.05) is 20.8 Å². The number of rotatable bonds is 5. The highest BCUT2D eigenvalue weighted by atomic mass is 16.5. The van der Waals surface area contributed by atoms with Crippen molar-refractivity contribution in [2.45, 2.75) is 32.9 Å². The molecule has 0 saturated carbocycles. The van der Waals surface area contributed by atoms with Crippen LogP contribution in [0.3, 0.4) is 0 Å². The van der Waals surface area contributed by atoms with Crippen molar-refractivity contribution in [1.29, 1.82) is 0 Å². The van der Waals surface area contributed by atoms with E-state index >= 15 is 0 Å². The molecule has 4 heteroatoms. The van der Waals surface area contributed by atoms with Crippen LogP contribution in [0.1, 0.15) is 32.4 Å². The maximum Gasteiger partial charge on any atom is 0.253 e. The SMILES string of the molecule is COc1cccc(C(O)C(=O)NC(C)C(C)C)c1. The molecule has 0 bridgehead atoms. The molecule has 100 valence electrons. The number of ether oxygens (including phenoxy) is 1. The Hall–Kier alpha value is -1.55. The molecule has 0 aliphatic rings. The summed E-state index contributed by atoms with van der Waals surface area (Å²) in [6.45, 7) is 5.95. The number of amides is 1. The lowest BCUT2D eigenvalue weighted by atomic mass is 10.0. The molecule has 0 heterocycles. The van der Waals surface area contributed by atoms with Gasteiger partial charge in [-0.05, 0) is 30.5 Å². The molecule has 0 fully saturated rings. The second kappa shape index (κ2) is 6.40. The molecule has 2 atom stereocenters. The summed E-state index contributed by atoms with van der Waals surface area (Å²) in [5.41, 5.74) is 0.530. The molecule has 1 aromatic rings. The maximum absolute atomic E-state index is 11.9. The summed E-state index contributed by atoms with van der Waals surface area (Å²) >= 11 is 0. The van der Waals surface area contributed by atoms with Gasteiger partial charge in [0.1, 0.15) is 5.75 Å². The van der Waals surface area contributed by atoms with Crippen molar-refractivity contribution in [1.82, 2.24) is 5.32 Å². The first-order valence-corrected chi connectivity index (χ1v) is 6.08. The van der Waals surface area contributed by atoms with Gasteiger partial charge in [-0.1, -0.05) is 26.0 Å². The van der Waals surface area contributed by atoms with E-state index in [1.54, 1.807) is 31.4 Å². The zero-order valence-electron chi connectivity index (χ0n) is 11.3. The Bertz CT molecular complexity index is 404. The van der Waals surface area contributed by atoms with Crippen molar-refractivity contribution in [3.63, 3.8) is 0 Å². The molecular weight excluding hydrogens is 230 g/mol. The first-order valence-electron chi connectivity index (χ1n) is 6.08. The Kier molecular flexibility index (Phi) is 5.16. The van der Waals surface area contributed by atoms with E-state index in [0.29, 0.717) is 17.2 Å². The minimum atomic E-state index is -1.17. The second-order valence-electron chi connectivity index (χ2n) is 4.72. The number of hydrogen-bond donors (Lipinski definition) is 2. The number of benzene rings is 1. The summed E-state index contributed by atoms with van der Waals surface area (Å²) in [6, 6.07) is 6.90. The number of carbonyl (C=O) groups is 1. The van der Waals surface area contributed by atoms with Gasteiger partial charge in [-0.2, -0.15) is 0 Å². The number of carbonyl (C=O) groups excluding carboxylic acids is 1. The highest BCUT2D eigenvalue weighted by molar-refractivity contribution is 5.82. The predicted molar refractivity (Wildman–Crippen MR) is 70.4 cm³/mol. The molecule has 1 amide bonds. The zero-order chi connectivity index (χ0) is 13.7. The van der Waals surface area contributed by atoms with Crippen molar-refractivity contribution in [3.05, 3.63) is 29.8 Å². The van der Waals surface area contributed by atoms with Crippen LogP contribution in [0.5, 0.6) is 5.75 Å². The molecule has 0 aliphatic carbocycles. The van der Waals surface area contributed by atoms with Crippen LogP contribution in [-0.4, -0.2) is 24.2 Å². The van der Waals surface area contributed by atoms with E-state index in [2.05, 4.69) is 5.32 Å². The monoisotopic (exact) mass is 251 g/mol. The first kappa shape index (κ1) is 14.5. The van der Waals surface area contributed by atoms with Crippen molar-refractivity contribution < 1.29 is 14.6 Å². The maximum atomic E-state index is 11.9. The Morgan fingerprint density at radius 2 is 2.00 bits per heavy atom. The van der Waals surface area contributed by atoms with Gasteiger partial charge in [-0.25, -0.2) is 0 Å². The quantitative estimate of drug-likeness (QED) is 0.840. The number of nitrogens with one attached hydrogen (secondary N) is 1. The minimum absolute atomic E-state index is 0.0257. The fraction of sp³-hybridized carbons (Fsp3) is 0.500. The number of methoxy groups -OCH3 is 1. The van der Waals surface area contributed by atoms with Crippen LogP contribution in [0.4, 0.5) is 0 Å². The molecular formula is C14H21NO3. The van der Waals surface area contributed by atoms with Gasteiger partial charge in [0, 0.05) is 6.04 Å². The second-order valence-corrected chi connectivity index (χ2v) is 4.72. The molecule has 0 aromatic heterocycles. The van der Waals surface area contributed by atoms with Gasteiger partial charge >= 0.3 is 0 Å². The minimum Gasteiger partial charge on any atom is -0.497 e. The topological polar surface area (TPSA) is 58.6 Å². The summed E-state index contributed by atoms with van der Waals surface area (Å²) < 4.78 is 5.06. The van der Waals surface area contributed by atoms with Gasteiger partial charge in [0.15, 0.2) is 6.10 Å². The van der Waals surface area contributed by atoms with Crippen molar-refractivity contribution >= 4 is 5.91 Å². The smallest absolute Gasteiger partial charge is 0.253 e. The van der Waals surface area contributed by atoms with E-state index in [9.17, 15) is 9.90 Å². The zero-order valence-corrected chi connectivity index (χ0v) is 11.3. The van der Waals surface area contributed by atoms with Crippen molar-refractivity contribution in [2.75, 3.05) is 7.11 Å². The summed E-state index contributed by atoms with van der Waals surface area (Å²) in [6.07, 6.45) is -1.17. The van der Waals surface area contributed by atoms with E-state index < -0.39 is 6.10 Å². The summed E-state index contributed by atoms with van der Waals surface area (Å²) in [7, 11) is 1.55. The van der Waals surface area contributed by atoms with Crippen LogP contribution in [0.15, 0.2) is 24.3 Å². The van der Waals surface area contributed by atoms with E-state index in [0.717, 1.165) is 0 Å². The lowest BCUT2D eigenvalue weighted by molar-refractivity contribution is -0.130. The third-order valence-corrected chi connectivity index (χ3v) is 3.03. The molecule has 18 heavy (non-hydrogen) atoms. The third-order valence-electron chi connectivity index (χ3n) is 3.03. The molecule has 4 nitrogen and oxygen atoms in total. The Morgan fingerprint density at radius 3 is 2.56 bits per heavy atom. The van der Waals surface area contributed by atoms with Crippen molar-refractivity contribution in [2.24, 2.45) is 5.92 Å². The molecule has 0 aliphatic heterocycles. The van der Waals surface area contributed by atoms with Crippen LogP contribution >= 0.6 is 0 Å². The van der Waals surface area contributed by atoms with E-state index in [4.69, 9.17) is 4.74 Å². The summed E-state index contributed by atoms with van der Waals surface area (Å²) in [5, 5.41) is 12.8. The fourth-order valence-electron chi connectivity index (χ4n) is 1.43. The van der Waals surface area contributed by atoms with Crippen molar-refractivity contribution in [3.8, 4) is 5.75 Å². The molecule has 0 spiro atoms. The van der Waals surface area contributed by atoms with Crippen LogP contribution in [0.2, 0.25) is 0 Å². The molecule has 0 radical (unpaired) electrons. The molecule has 2 unspecified atom stereocenters. The Labute approximate surface area is 108 Å². The highest BCUT2D eigenvalue weighted by Crippen LogP contribution is 2.19. The van der Waals surface area contributed by atoms with Crippen LogP contribution < -0.4 is 10.1 Å². The van der Waals surface area contributed by atoms with Crippen LogP contribution in [0.25, 0.3) is 0 Å². The Balaban J connectivity index is 2.73. The Morgan fingerprint density at radius 1 is 1.33 bits per heavy atom. The molecule has 0 saturated heterocycles. The third kappa shape index (κ3) is 3.74. The van der Waals surface area contributed by atoms with Gasteiger partial charge in [0.2, 0.25) is 0 Å². The van der Waals surface area contributed by atoms with Crippen LogP contribution in [-0.2, 0) is 4.79 Å². The molecule has 2 N–H and O–H groups in total. The molecule has 1 aromatic carbocycles. The lowest BCUT2D eigenvalue weighted by Gasteiger charge is -2.20. The van der Waals surface area contributed by atoms with Gasteiger partial charge in [0.25, 0.3) is 5.91 Å². The van der Waals surface area contributed by atoms with Gasteiger partial charge < -0.3 is 15.2 Å². The average molecular weight is 251 g/mol. The van der Waals surface area contributed by atoms with Gasteiger partial charge in [0.05, 0.1) is 7.11 Å². The summed E-state index contributed by atoms with van der Waals surface area (Å²) in [5.74, 6) is 0.562. The molecule has 1 rings (SSSR count). The number of aliphatic hydroxyl groups excluding tert-OH is 1. The van der Waals surface area contributed by atoms with Crippen LogP contribution in [0, 0.1) is 5.92 Å². The lowest BCUT2D eigenvalue weighted by Crippen LogP contribution is -2.39. The fourth-order valence-corrected chi connectivity index (χ4v) is 1.43.